The minimum absolute atomic E-state index is 0.198. The lowest BCUT2D eigenvalue weighted by Gasteiger charge is -2.11. The van der Waals surface area contributed by atoms with Crippen LogP contribution < -0.4 is 4.74 Å². The van der Waals surface area contributed by atoms with Gasteiger partial charge in [0, 0.05) is 18.2 Å². The fourth-order valence-corrected chi connectivity index (χ4v) is 1.99. The molecule has 0 heterocycles. The van der Waals surface area contributed by atoms with Crippen molar-refractivity contribution < 1.29 is 14.3 Å². The Kier molecular flexibility index (Phi) is 4.31. The van der Waals surface area contributed by atoms with E-state index < -0.39 is 0 Å². The Morgan fingerprint density at radius 3 is 2.68 bits per heavy atom. The number of ether oxygens (including phenoxy) is 2. The highest BCUT2D eigenvalue weighted by molar-refractivity contribution is 5.81. The van der Waals surface area contributed by atoms with E-state index in [1.807, 2.05) is 49.4 Å². The van der Waals surface area contributed by atoms with Crippen LogP contribution in [0.15, 0.2) is 42.5 Å². The summed E-state index contributed by atoms with van der Waals surface area (Å²) in [4.78, 5) is 10.9. The largest absolute Gasteiger partial charge is 0.467 e. The molecule has 3 nitrogen and oxygen atoms in total. The molecule has 0 saturated carbocycles. The van der Waals surface area contributed by atoms with E-state index in [0.29, 0.717) is 5.56 Å². The van der Waals surface area contributed by atoms with Crippen LogP contribution in [0.2, 0.25) is 0 Å². The molecule has 2 aromatic carbocycles. The van der Waals surface area contributed by atoms with Crippen LogP contribution in [0, 0.1) is 6.92 Å². The number of benzene rings is 2. The summed E-state index contributed by atoms with van der Waals surface area (Å²) in [6.45, 7) is 2.17. The van der Waals surface area contributed by atoms with Crippen LogP contribution in [-0.2, 0) is 4.74 Å². The van der Waals surface area contributed by atoms with Gasteiger partial charge in [-0.3, -0.25) is 4.79 Å². The van der Waals surface area contributed by atoms with Crippen molar-refractivity contribution in [2.75, 3.05) is 13.9 Å². The number of aldehydes is 1. The molecular weight excluding hydrogens is 240 g/mol. The third kappa shape index (κ3) is 3.20. The van der Waals surface area contributed by atoms with Crippen molar-refractivity contribution in [2.24, 2.45) is 0 Å². The van der Waals surface area contributed by atoms with Crippen molar-refractivity contribution >= 4 is 6.29 Å². The molecule has 0 unspecified atom stereocenters. The van der Waals surface area contributed by atoms with Crippen molar-refractivity contribution in [1.29, 1.82) is 0 Å². The number of carbonyl (C=O) groups excluding carboxylic acids is 1. The summed E-state index contributed by atoms with van der Waals surface area (Å²) in [5.74, 6) is 0.742. The molecule has 0 fully saturated rings. The molecule has 0 aliphatic heterocycles. The van der Waals surface area contributed by atoms with Gasteiger partial charge in [0.25, 0.3) is 0 Å². The zero-order chi connectivity index (χ0) is 13.7. The molecule has 0 radical (unpaired) electrons. The molecule has 0 aromatic heterocycles. The Hall–Kier alpha value is -2.13. The molecule has 2 rings (SSSR count). The van der Waals surface area contributed by atoms with Gasteiger partial charge in [-0.2, -0.15) is 0 Å². The Balaban J connectivity index is 2.45. The van der Waals surface area contributed by atoms with Crippen molar-refractivity contribution in [2.45, 2.75) is 6.92 Å². The second-order valence-electron chi connectivity index (χ2n) is 4.30. The fraction of sp³-hybridized carbons (Fsp3) is 0.188. The SMILES string of the molecule is COCOc1ccccc1-c1cc(C)cc(C=O)c1. The summed E-state index contributed by atoms with van der Waals surface area (Å²) < 4.78 is 10.5. The maximum Gasteiger partial charge on any atom is 0.188 e. The molecule has 0 N–H and O–H groups in total. The van der Waals surface area contributed by atoms with E-state index in [-0.39, 0.29) is 6.79 Å². The molecule has 0 atom stereocenters. The predicted octanol–water partition coefficient (Wildman–Crippen LogP) is 3.46. The molecule has 0 amide bonds. The highest BCUT2D eigenvalue weighted by atomic mass is 16.7. The monoisotopic (exact) mass is 256 g/mol. The Morgan fingerprint density at radius 1 is 1.16 bits per heavy atom. The molecule has 0 aliphatic carbocycles. The first-order valence-corrected chi connectivity index (χ1v) is 6.02. The number of methoxy groups -OCH3 is 1. The Bertz CT molecular complexity index is 576. The summed E-state index contributed by atoms with van der Waals surface area (Å²) in [6, 6.07) is 13.4. The van der Waals surface area contributed by atoms with E-state index in [0.717, 1.165) is 28.7 Å². The van der Waals surface area contributed by atoms with E-state index >= 15 is 0 Å². The van der Waals surface area contributed by atoms with Crippen molar-refractivity contribution in [3.05, 3.63) is 53.6 Å². The summed E-state index contributed by atoms with van der Waals surface area (Å²) in [5.41, 5.74) is 3.62. The average molecular weight is 256 g/mol. The van der Waals surface area contributed by atoms with Crippen LogP contribution in [0.3, 0.4) is 0 Å². The molecule has 98 valence electrons. The first kappa shape index (κ1) is 13.3. The number of rotatable bonds is 5. The summed E-state index contributed by atoms with van der Waals surface area (Å²) in [5, 5.41) is 0. The number of hydrogen-bond acceptors (Lipinski definition) is 3. The van der Waals surface area contributed by atoms with Gasteiger partial charge in [-0.05, 0) is 36.2 Å². The van der Waals surface area contributed by atoms with Crippen LogP contribution in [-0.4, -0.2) is 20.2 Å². The van der Waals surface area contributed by atoms with Crippen LogP contribution in [0.4, 0.5) is 0 Å². The summed E-state index contributed by atoms with van der Waals surface area (Å²) in [7, 11) is 1.58. The quantitative estimate of drug-likeness (QED) is 0.607. The van der Waals surface area contributed by atoms with Crippen LogP contribution in [0.25, 0.3) is 11.1 Å². The lowest BCUT2D eigenvalue weighted by molar-refractivity contribution is 0.0515. The Morgan fingerprint density at radius 2 is 1.95 bits per heavy atom. The molecule has 2 aromatic rings. The van der Waals surface area contributed by atoms with Crippen LogP contribution in [0.5, 0.6) is 5.75 Å². The minimum atomic E-state index is 0.198. The summed E-state index contributed by atoms with van der Waals surface area (Å²) >= 11 is 0. The molecule has 0 aliphatic rings. The first-order valence-electron chi connectivity index (χ1n) is 6.02. The standard InChI is InChI=1S/C16H16O3/c1-12-7-13(10-17)9-14(8-12)15-5-3-4-6-16(15)19-11-18-2/h3-10H,11H2,1-2H3. The van der Waals surface area contributed by atoms with Gasteiger partial charge in [0.15, 0.2) is 6.79 Å². The van der Waals surface area contributed by atoms with Crippen molar-refractivity contribution in [3.8, 4) is 16.9 Å². The van der Waals surface area contributed by atoms with E-state index in [9.17, 15) is 4.79 Å². The van der Waals surface area contributed by atoms with E-state index in [4.69, 9.17) is 9.47 Å². The van der Waals surface area contributed by atoms with Gasteiger partial charge in [-0.15, -0.1) is 0 Å². The van der Waals surface area contributed by atoms with E-state index in [1.165, 1.54) is 0 Å². The average Bonchev–Trinajstić information content (AvgIpc) is 2.44. The van der Waals surface area contributed by atoms with Gasteiger partial charge in [0.05, 0.1) is 0 Å². The Labute approximate surface area is 112 Å². The maximum atomic E-state index is 10.9. The smallest absolute Gasteiger partial charge is 0.188 e. The highest BCUT2D eigenvalue weighted by Crippen LogP contribution is 2.30. The van der Waals surface area contributed by atoms with Gasteiger partial charge in [-0.25, -0.2) is 0 Å². The van der Waals surface area contributed by atoms with Crippen LogP contribution in [0.1, 0.15) is 15.9 Å². The topological polar surface area (TPSA) is 35.5 Å². The van der Waals surface area contributed by atoms with Gasteiger partial charge < -0.3 is 9.47 Å². The van der Waals surface area contributed by atoms with Gasteiger partial charge in [-0.1, -0.05) is 24.3 Å². The minimum Gasteiger partial charge on any atom is -0.467 e. The third-order valence-electron chi connectivity index (χ3n) is 2.77. The number of carbonyl (C=O) groups is 1. The molecule has 19 heavy (non-hydrogen) atoms. The fourth-order valence-electron chi connectivity index (χ4n) is 1.99. The zero-order valence-electron chi connectivity index (χ0n) is 11.1. The molecule has 3 heteroatoms. The van der Waals surface area contributed by atoms with E-state index in [2.05, 4.69) is 0 Å². The zero-order valence-corrected chi connectivity index (χ0v) is 11.1. The maximum absolute atomic E-state index is 10.9. The highest BCUT2D eigenvalue weighted by Gasteiger charge is 2.07. The predicted molar refractivity (Wildman–Crippen MR) is 74.5 cm³/mol. The number of aryl methyl sites for hydroxylation is 1. The summed E-state index contributed by atoms with van der Waals surface area (Å²) in [6.07, 6.45) is 0.856. The van der Waals surface area contributed by atoms with Gasteiger partial charge in [0.1, 0.15) is 12.0 Å². The first-order chi connectivity index (χ1) is 9.24. The molecule has 0 bridgehead atoms. The normalized spacial score (nSPS) is 10.2. The lowest BCUT2D eigenvalue weighted by atomic mass is 10.00. The third-order valence-corrected chi connectivity index (χ3v) is 2.77. The van der Waals surface area contributed by atoms with Gasteiger partial charge >= 0.3 is 0 Å². The van der Waals surface area contributed by atoms with Crippen molar-refractivity contribution in [1.82, 2.24) is 0 Å². The van der Waals surface area contributed by atoms with Gasteiger partial charge in [0.2, 0.25) is 0 Å². The lowest BCUT2D eigenvalue weighted by Crippen LogP contribution is -2.00. The second kappa shape index (κ2) is 6.16. The van der Waals surface area contributed by atoms with E-state index in [1.54, 1.807) is 7.11 Å². The number of hydrogen-bond donors (Lipinski definition) is 0. The number of para-hydroxylation sites is 1. The molecule has 0 spiro atoms. The molecule has 0 saturated heterocycles. The van der Waals surface area contributed by atoms with Crippen LogP contribution >= 0.6 is 0 Å². The van der Waals surface area contributed by atoms with Crippen molar-refractivity contribution in [3.63, 3.8) is 0 Å². The second-order valence-corrected chi connectivity index (χ2v) is 4.30. The molecular formula is C16H16O3.